The van der Waals surface area contributed by atoms with E-state index in [4.69, 9.17) is 4.74 Å². The van der Waals surface area contributed by atoms with Crippen LogP contribution in [0.4, 0.5) is 0 Å². The molecule has 0 radical (unpaired) electrons. The van der Waals surface area contributed by atoms with Crippen molar-refractivity contribution in [2.24, 2.45) is 0 Å². The summed E-state index contributed by atoms with van der Waals surface area (Å²) in [5.41, 5.74) is 1.44. The van der Waals surface area contributed by atoms with E-state index in [0.717, 1.165) is 11.3 Å². The zero-order valence-corrected chi connectivity index (χ0v) is 17.9. The summed E-state index contributed by atoms with van der Waals surface area (Å²) in [6.45, 7) is 0.377. The van der Waals surface area contributed by atoms with Crippen molar-refractivity contribution in [2.45, 2.75) is 43.5 Å². The highest BCUT2D eigenvalue weighted by Gasteiger charge is 2.44. The smallest absolute Gasteiger partial charge is 0.253 e. The third kappa shape index (κ3) is 4.60. The Morgan fingerprint density at radius 2 is 1.91 bits per heavy atom. The Morgan fingerprint density at radius 3 is 2.59 bits per heavy atom. The number of methoxy groups -OCH3 is 1. The van der Waals surface area contributed by atoms with Crippen molar-refractivity contribution in [1.82, 2.24) is 15.5 Å². The Balaban J connectivity index is 1.36. The second-order valence-corrected chi connectivity index (χ2v) is 8.20. The SMILES string of the molecule is COc1ccc(C[C@H]2NC(=O)[C@@H]3C[C@@H](NC(=O)[C@@H](O)c4ccccc4)CCN3C2=O)cc1. The lowest BCUT2D eigenvalue weighted by Gasteiger charge is -2.44. The predicted octanol–water partition coefficient (Wildman–Crippen LogP) is 0.946. The number of fused-ring (bicyclic) bond motifs is 1. The average molecular weight is 437 g/mol. The summed E-state index contributed by atoms with van der Waals surface area (Å²) in [6, 6.07) is 14.6. The lowest BCUT2D eigenvalue weighted by Crippen LogP contribution is -2.67. The first kappa shape index (κ1) is 21.8. The number of rotatable bonds is 6. The molecule has 0 spiro atoms. The summed E-state index contributed by atoms with van der Waals surface area (Å²) in [5.74, 6) is -0.103. The summed E-state index contributed by atoms with van der Waals surface area (Å²) >= 11 is 0. The number of ether oxygens (including phenoxy) is 1. The van der Waals surface area contributed by atoms with Gasteiger partial charge >= 0.3 is 0 Å². The van der Waals surface area contributed by atoms with Crippen LogP contribution < -0.4 is 15.4 Å². The summed E-state index contributed by atoms with van der Waals surface area (Å²) in [7, 11) is 1.59. The molecule has 4 rings (SSSR count). The van der Waals surface area contributed by atoms with Crippen molar-refractivity contribution in [3.8, 4) is 5.75 Å². The minimum atomic E-state index is -1.27. The van der Waals surface area contributed by atoms with E-state index in [2.05, 4.69) is 10.6 Å². The molecule has 2 saturated heterocycles. The van der Waals surface area contributed by atoms with Crippen LogP contribution in [0, 0.1) is 0 Å². The second-order valence-electron chi connectivity index (χ2n) is 8.20. The van der Waals surface area contributed by atoms with Gasteiger partial charge in [0.1, 0.15) is 17.8 Å². The van der Waals surface area contributed by atoms with Crippen LogP contribution in [0.15, 0.2) is 54.6 Å². The summed E-state index contributed by atoms with van der Waals surface area (Å²) in [6.07, 6.45) is -0.0239. The first-order valence-electron chi connectivity index (χ1n) is 10.7. The third-order valence-corrected chi connectivity index (χ3v) is 6.11. The van der Waals surface area contributed by atoms with Gasteiger partial charge in [-0.05, 0) is 36.1 Å². The van der Waals surface area contributed by atoms with Crippen LogP contribution in [0.2, 0.25) is 0 Å². The van der Waals surface area contributed by atoms with E-state index in [-0.39, 0.29) is 17.9 Å². The zero-order valence-electron chi connectivity index (χ0n) is 17.9. The number of piperazine rings is 1. The van der Waals surface area contributed by atoms with Gasteiger partial charge in [-0.2, -0.15) is 0 Å². The van der Waals surface area contributed by atoms with Crippen molar-refractivity contribution in [1.29, 1.82) is 0 Å². The van der Waals surface area contributed by atoms with Gasteiger partial charge in [-0.15, -0.1) is 0 Å². The van der Waals surface area contributed by atoms with Crippen LogP contribution in [-0.4, -0.2) is 59.5 Å². The molecule has 8 nitrogen and oxygen atoms in total. The maximum Gasteiger partial charge on any atom is 0.253 e. The maximum absolute atomic E-state index is 13.0. The summed E-state index contributed by atoms with van der Waals surface area (Å²) in [4.78, 5) is 39.9. The zero-order chi connectivity index (χ0) is 22.7. The van der Waals surface area contributed by atoms with Crippen molar-refractivity contribution in [3.63, 3.8) is 0 Å². The molecule has 3 amide bonds. The molecule has 2 aromatic rings. The van der Waals surface area contributed by atoms with Crippen molar-refractivity contribution in [3.05, 3.63) is 65.7 Å². The Labute approximate surface area is 186 Å². The van der Waals surface area contributed by atoms with Crippen LogP contribution in [-0.2, 0) is 20.8 Å². The van der Waals surface area contributed by atoms with Crippen molar-refractivity contribution < 1.29 is 24.2 Å². The number of aliphatic hydroxyl groups is 1. The van der Waals surface area contributed by atoms with Gasteiger partial charge in [-0.25, -0.2) is 0 Å². The van der Waals surface area contributed by atoms with E-state index in [9.17, 15) is 19.5 Å². The minimum absolute atomic E-state index is 0.112. The number of aliphatic hydroxyl groups excluding tert-OH is 1. The Bertz CT molecular complexity index is 979. The van der Waals surface area contributed by atoms with Crippen LogP contribution in [0.25, 0.3) is 0 Å². The molecule has 3 N–H and O–H groups in total. The number of hydrogen-bond donors (Lipinski definition) is 3. The molecular weight excluding hydrogens is 410 g/mol. The van der Waals surface area contributed by atoms with E-state index >= 15 is 0 Å². The quantitative estimate of drug-likeness (QED) is 0.624. The van der Waals surface area contributed by atoms with Crippen LogP contribution in [0.1, 0.15) is 30.1 Å². The largest absolute Gasteiger partial charge is 0.497 e. The lowest BCUT2D eigenvalue weighted by molar-refractivity contribution is -0.152. The molecule has 8 heteroatoms. The number of carbonyl (C=O) groups excluding carboxylic acids is 3. The highest BCUT2D eigenvalue weighted by molar-refractivity contribution is 5.97. The molecule has 2 aliphatic rings. The molecule has 4 atom stereocenters. The molecule has 2 aromatic carbocycles. The van der Waals surface area contributed by atoms with E-state index in [1.165, 1.54) is 0 Å². The normalized spacial score (nSPS) is 23.7. The number of piperidine rings is 1. The van der Waals surface area contributed by atoms with Gasteiger partial charge in [0.25, 0.3) is 5.91 Å². The number of hydrogen-bond acceptors (Lipinski definition) is 5. The Kier molecular flexibility index (Phi) is 6.41. The number of nitrogens with zero attached hydrogens (tertiary/aromatic N) is 1. The average Bonchev–Trinajstić information content (AvgIpc) is 2.83. The van der Waals surface area contributed by atoms with Gasteiger partial charge in [-0.1, -0.05) is 42.5 Å². The highest BCUT2D eigenvalue weighted by Crippen LogP contribution is 2.24. The van der Waals surface area contributed by atoms with Gasteiger partial charge in [0, 0.05) is 19.0 Å². The fraction of sp³-hybridized carbons (Fsp3) is 0.375. The van der Waals surface area contributed by atoms with Gasteiger partial charge in [0.05, 0.1) is 7.11 Å². The molecule has 0 aromatic heterocycles. The van der Waals surface area contributed by atoms with Gasteiger partial charge < -0.3 is 25.4 Å². The fourth-order valence-electron chi connectivity index (χ4n) is 4.34. The Hall–Kier alpha value is -3.39. The van der Waals surface area contributed by atoms with Gasteiger partial charge in [0.15, 0.2) is 6.10 Å². The standard InChI is InChI=1S/C24H27N3O5/c1-32-18-9-7-15(8-10-18)13-19-24(31)27-12-11-17(14-20(27)22(29)26-19)25-23(30)21(28)16-5-3-2-4-6-16/h2-10,17,19-21,28H,11-14H2,1H3,(H,25,30)(H,26,29)/t17-,19+,20-,21-/m0/s1. The Morgan fingerprint density at radius 1 is 1.19 bits per heavy atom. The molecule has 0 bridgehead atoms. The molecule has 2 aliphatic heterocycles. The third-order valence-electron chi connectivity index (χ3n) is 6.11. The van der Waals surface area contributed by atoms with E-state index < -0.39 is 24.1 Å². The number of amides is 3. The molecule has 32 heavy (non-hydrogen) atoms. The fourth-order valence-corrected chi connectivity index (χ4v) is 4.34. The first-order valence-corrected chi connectivity index (χ1v) is 10.7. The van der Waals surface area contributed by atoms with E-state index in [0.29, 0.717) is 31.4 Å². The molecule has 2 fully saturated rings. The number of benzene rings is 2. The summed E-state index contributed by atoms with van der Waals surface area (Å²) < 4.78 is 5.15. The molecule has 0 unspecified atom stereocenters. The monoisotopic (exact) mass is 437 g/mol. The van der Waals surface area contributed by atoms with Crippen LogP contribution >= 0.6 is 0 Å². The molecule has 0 saturated carbocycles. The molecular formula is C24H27N3O5. The van der Waals surface area contributed by atoms with Gasteiger partial charge in [0.2, 0.25) is 11.8 Å². The molecule has 0 aliphatic carbocycles. The topological polar surface area (TPSA) is 108 Å². The van der Waals surface area contributed by atoms with Crippen LogP contribution in [0.3, 0.4) is 0 Å². The maximum atomic E-state index is 13.0. The number of carbonyl (C=O) groups is 3. The summed E-state index contributed by atoms with van der Waals surface area (Å²) in [5, 5.41) is 16.0. The van der Waals surface area contributed by atoms with Crippen LogP contribution in [0.5, 0.6) is 5.75 Å². The van der Waals surface area contributed by atoms with E-state index in [1.54, 1.807) is 36.3 Å². The number of nitrogens with one attached hydrogen (secondary N) is 2. The second kappa shape index (κ2) is 9.40. The van der Waals surface area contributed by atoms with Gasteiger partial charge in [-0.3, -0.25) is 14.4 Å². The van der Waals surface area contributed by atoms with E-state index in [1.807, 2.05) is 30.3 Å². The van der Waals surface area contributed by atoms with Crippen molar-refractivity contribution in [2.75, 3.05) is 13.7 Å². The first-order chi connectivity index (χ1) is 15.5. The molecule has 2 heterocycles. The van der Waals surface area contributed by atoms with Crippen molar-refractivity contribution >= 4 is 17.7 Å². The predicted molar refractivity (Wildman–Crippen MR) is 117 cm³/mol. The highest BCUT2D eigenvalue weighted by atomic mass is 16.5. The minimum Gasteiger partial charge on any atom is -0.497 e. The lowest BCUT2D eigenvalue weighted by atomic mass is 9.91. The molecule has 168 valence electrons.